The van der Waals surface area contributed by atoms with Gasteiger partial charge in [0.2, 0.25) is 0 Å². The Bertz CT molecular complexity index is 1220. The van der Waals surface area contributed by atoms with Crippen molar-refractivity contribution in [2.45, 2.75) is 26.7 Å². The molecule has 4 rings (SSSR count). The monoisotopic (exact) mass is 481 g/mol. The Kier molecular flexibility index (Phi) is 7.21. The summed E-state index contributed by atoms with van der Waals surface area (Å²) in [4.78, 5) is 29.7. The summed E-state index contributed by atoms with van der Waals surface area (Å²) in [6.07, 6.45) is 5.39. The Labute approximate surface area is 200 Å². The summed E-state index contributed by atoms with van der Waals surface area (Å²) in [6.45, 7) is 4.48. The lowest BCUT2D eigenvalue weighted by molar-refractivity contribution is 0.102. The lowest BCUT2D eigenvalue weighted by Crippen LogP contribution is -2.12. The van der Waals surface area contributed by atoms with Crippen LogP contribution in [0.15, 0.2) is 48.8 Å². The molecule has 0 saturated carbocycles. The number of para-hydroxylation sites is 1. The van der Waals surface area contributed by atoms with Gasteiger partial charge in [0.15, 0.2) is 5.13 Å². The Hall–Kier alpha value is -3.43. The number of carbonyl (C=O) groups excluding carboxylic acids is 1. The van der Waals surface area contributed by atoms with Crippen LogP contribution in [0.2, 0.25) is 5.02 Å². The van der Waals surface area contributed by atoms with E-state index in [1.807, 2.05) is 43.5 Å². The molecule has 3 heterocycles. The third kappa shape index (κ3) is 5.88. The Morgan fingerprint density at radius 3 is 2.73 bits per heavy atom. The van der Waals surface area contributed by atoms with Crippen molar-refractivity contribution in [3.05, 3.63) is 75.8 Å². The molecule has 0 aliphatic carbocycles. The van der Waals surface area contributed by atoms with Gasteiger partial charge in [-0.25, -0.2) is 15.0 Å². The number of aromatic nitrogens is 4. The van der Waals surface area contributed by atoms with Crippen LogP contribution in [0, 0.1) is 13.8 Å². The highest BCUT2D eigenvalue weighted by molar-refractivity contribution is 7.17. The fraction of sp³-hybridized carbons (Fsp3) is 0.217. The van der Waals surface area contributed by atoms with E-state index in [2.05, 4.69) is 35.9 Å². The summed E-state index contributed by atoms with van der Waals surface area (Å²) in [5, 5.41) is 10.5. The largest absolute Gasteiger partial charge is 0.370 e. The Morgan fingerprint density at radius 2 is 1.94 bits per heavy atom. The predicted molar refractivity (Wildman–Crippen MR) is 134 cm³/mol. The van der Waals surface area contributed by atoms with Gasteiger partial charge in [0.1, 0.15) is 22.3 Å². The fourth-order valence-corrected chi connectivity index (χ4v) is 4.38. The van der Waals surface area contributed by atoms with Crippen molar-refractivity contribution >= 4 is 51.3 Å². The van der Waals surface area contributed by atoms with Crippen molar-refractivity contribution in [2.24, 2.45) is 0 Å². The van der Waals surface area contributed by atoms with E-state index in [1.165, 1.54) is 11.3 Å². The van der Waals surface area contributed by atoms with Gasteiger partial charge < -0.3 is 20.9 Å². The third-order valence-corrected chi connectivity index (χ3v) is 6.29. The van der Waals surface area contributed by atoms with Crippen molar-refractivity contribution in [3.63, 3.8) is 0 Å². The second kappa shape index (κ2) is 10.5. The highest BCUT2D eigenvalue weighted by atomic mass is 35.5. The molecular formula is C23H24ClN7OS. The molecule has 3 aromatic heterocycles. The number of halogens is 1. The summed E-state index contributed by atoms with van der Waals surface area (Å²) >= 11 is 7.51. The molecule has 1 aromatic carbocycles. The smallest absolute Gasteiger partial charge is 0.267 e. The van der Waals surface area contributed by atoms with Crippen LogP contribution in [0.25, 0.3) is 0 Å². The van der Waals surface area contributed by atoms with Crippen molar-refractivity contribution in [2.75, 3.05) is 22.5 Å². The second-order valence-electron chi connectivity index (χ2n) is 7.42. The number of hydrogen-bond acceptors (Lipinski definition) is 7. The van der Waals surface area contributed by atoms with Crippen LogP contribution >= 0.6 is 22.9 Å². The summed E-state index contributed by atoms with van der Waals surface area (Å²) in [5.74, 6) is 2.15. The first kappa shape index (κ1) is 22.8. The first-order chi connectivity index (χ1) is 16.0. The zero-order valence-electron chi connectivity index (χ0n) is 18.3. The molecule has 0 atom stereocenters. The molecule has 4 aromatic rings. The van der Waals surface area contributed by atoms with E-state index in [0.717, 1.165) is 36.6 Å². The van der Waals surface area contributed by atoms with E-state index >= 15 is 0 Å². The molecule has 0 radical (unpaired) electrons. The summed E-state index contributed by atoms with van der Waals surface area (Å²) in [7, 11) is 0. The average molecular weight is 482 g/mol. The number of carbonyl (C=O) groups is 1. The molecule has 0 bridgehead atoms. The number of thiazole rings is 1. The molecule has 0 aliphatic heterocycles. The molecule has 1 amide bonds. The summed E-state index contributed by atoms with van der Waals surface area (Å²) < 4.78 is 0. The zero-order chi connectivity index (χ0) is 23.2. The molecule has 10 heteroatoms. The van der Waals surface area contributed by atoms with E-state index in [-0.39, 0.29) is 5.91 Å². The number of amides is 1. The number of aromatic amines is 1. The minimum atomic E-state index is -0.241. The highest BCUT2D eigenvalue weighted by Gasteiger charge is 2.18. The van der Waals surface area contributed by atoms with Crippen LogP contribution in [-0.2, 0) is 6.42 Å². The molecule has 33 heavy (non-hydrogen) atoms. The molecule has 0 fully saturated rings. The van der Waals surface area contributed by atoms with Gasteiger partial charge in [-0.15, -0.1) is 0 Å². The predicted octanol–water partition coefficient (Wildman–Crippen LogP) is 5.57. The molecular weight excluding hydrogens is 458 g/mol. The highest BCUT2D eigenvalue weighted by Crippen LogP contribution is 2.29. The van der Waals surface area contributed by atoms with Gasteiger partial charge in [-0.2, -0.15) is 0 Å². The van der Waals surface area contributed by atoms with Gasteiger partial charge in [-0.05, 0) is 44.0 Å². The number of H-pyrrole nitrogens is 1. The van der Waals surface area contributed by atoms with E-state index in [4.69, 9.17) is 11.6 Å². The van der Waals surface area contributed by atoms with Crippen LogP contribution in [0.5, 0.6) is 0 Å². The van der Waals surface area contributed by atoms with Gasteiger partial charge in [0.25, 0.3) is 5.91 Å². The molecule has 4 N–H and O–H groups in total. The number of nitrogens with zero attached hydrogens (tertiary/aromatic N) is 3. The molecule has 0 saturated heterocycles. The van der Waals surface area contributed by atoms with E-state index < -0.39 is 0 Å². The lowest BCUT2D eigenvalue weighted by atomic mass is 10.2. The summed E-state index contributed by atoms with van der Waals surface area (Å²) in [6, 6.07) is 11.2. The molecule has 0 aliphatic rings. The maximum Gasteiger partial charge on any atom is 0.267 e. The molecule has 0 spiro atoms. The number of aryl methyl sites for hydroxylation is 3. The number of rotatable bonds is 9. The third-order valence-electron chi connectivity index (χ3n) is 4.90. The van der Waals surface area contributed by atoms with Crippen LogP contribution in [0.1, 0.15) is 33.2 Å². The van der Waals surface area contributed by atoms with Gasteiger partial charge >= 0.3 is 0 Å². The Balaban J connectivity index is 1.37. The number of imidazole rings is 1. The quantitative estimate of drug-likeness (QED) is 0.233. The number of anilines is 4. The molecule has 0 unspecified atom stereocenters. The minimum Gasteiger partial charge on any atom is -0.370 e. The van der Waals surface area contributed by atoms with Crippen LogP contribution in [0.3, 0.4) is 0 Å². The van der Waals surface area contributed by atoms with Gasteiger partial charge in [-0.3, -0.25) is 4.79 Å². The first-order valence-electron chi connectivity index (χ1n) is 10.5. The molecule has 170 valence electrons. The van der Waals surface area contributed by atoms with Gasteiger partial charge in [-0.1, -0.05) is 41.1 Å². The normalized spacial score (nSPS) is 10.8. The number of nitrogens with one attached hydrogen (secondary N) is 4. The van der Waals surface area contributed by atoms with Crippen molar-refractivity contribution in [1.82, 2.24) is 19.9 Å². The zero-order valence-corrected chi connectivity index (χ0v) is 19.8. The van der Waals surface area contributed by atoms with Crippen LogP contribution in [0.4, 0.5) is 22.5 Å². The Morgan fingerprint density at radius 1 is 1.12 bits per heavy atom. The van der Waals surface area contributed by atoms with Gasteiger partial charge in [0, 0.05) is 25.4 Å². The standard InChI is InChI=1S/C23H24ClN7OS/c1-14-6-3-7-16(24)20(14)31-22(32)21-15(2)28-23(33-21)30-19-9-4-8-18(29-19)25-11-5-10-17-26-12-13-27-17/h3-4,6-9,12-13H,5,10-11H2,1-2H3,(H,26,27)(H,31,32)(H2,25,28,29,30). The van der Waals surface area contributed by atoms with Crippen LogP contribution < -0.4 is 16.0 Å². The van der Waals surface area contributed by atoms with E-state index in [9.17, 15) is 4.79 Å². The van der Waals surface area contributed by atoms with Crippen molar-refractivity contribution < 1.29 is 4.79 Å². The average Bonchev–Trinajstić information content (AvgIpc) is 3.44. The maximum absolute atomic E-state index is 12.8. The number of hydrogen-bond donors (Lipinski definition) is 4. The minimum absolute atomic E-state index is 0.241. The second-order valence-corrected chi connectivity index (χ2v) is 8.82. The molecule has 8 nitrogen and oxygen atoms in total. The SMILES string of the molecule is Cc1cccc(Cl)c1NC(=O)c1sc(Nc2cccc(NCCCc3ncc[nH]3)n2)nc1C. The van der Waals surface area contributed by atoms with Crippen molar-refractivity contribution in [3.8, 4) is 0 Å². The van der Waals surface area contributed by atoms with E-state index in [1.54, 1.807) is 19.2 Å². The van der Waals surface area contributed by atoms with Crippen molar-refractivity contribution in [1.29, 1.82) is 0 Å². The number of benzene rings is 1. The maximum atomic E-state index is 12.8. The number of pyridine rings is 1. The lowest BCUT2D eigenvalue weighted by Gasteiger charge is -2.09. The topological polar surface area (TPSA) is 108 Å². The first-order valence-corrected chi connectivity index (χ1v) is 11.7. The summed E-state index contributed by atoms with van der Waals surface area (Å²) in [5.41, 5.74) is 2.14. The van der Waals surface area contributed by atoms with E-state index in [0.29, 0.717) is 32.2 Å². The fourth-order valence-electron chi connectivity index (χ4n) is 3.24. The van der Waals surface area contributed by atoms with Crippen LogP contribution in [-0.4, -0.2) is 32.4 Å². The van der Waals surface area contributed by atoms with Gasteiger partial charge in [0.05, 0.1) is 16.4 Å².